The Morgan fingerprint density at radius 1 is 1.50 bits per heavy atom. The van der Waals surface area contributed by atoms with Crippen molar-refractivity contribution in [2.45, 2.75) is 50.3 Å². The van der Waals surface area contributed by atoms with Crippen LogP contribution >= 0.6 is 15.9 Å². The van der Waals surface area contributed by atoms with Crippen molar-refractivity contribution in [2.75, 3.05) is 0 Å². The van der Waals surface area contributed by atoms with Gasteiger partial charge < -0.3 is 0 Å². The molecule has 0 bridgehead atoms. The normalized spacial score (nSPS) is 23.6. The molecule has 3 unspecified atom stereocenters. The third-order valence-corrected chi connectivity index (χ3v) is 4.00. The van der Waals surface area contributed by atoms with E-state index in [1.807, 2.05) is 6.20 Å². The van der Waals surface area contributed by atoms with Crippen molar-refractivity contribution in [1.29, 1.82) is 0 Å². The first-order valence-electron chi connectivity index (χ1n) is 6.26. The zero-order chi connectivity index (χ0) is 11.5. The van der Waals surface area contributed by atoms with Crippen molar-refractivity contribution >= 4 is 15.9 Å². The number of aromatic nitrogens is 1. The molecule has 1 nitrogen and oxygen atoms in total. The number of pyridine rings is 1. The molecule has 0 radical (unpaired) electrons. The fraction of sp³-hybridized carbons (Fsp3) is 0.643. The summed E-state index contributed by atoms with van der Waals surface area (Å²) in [5.41, 5.74) is 2.85. The number of alkyl halides is 1. The van der Waals surface area contributed by atoms with Crippen molar-refractivity contribution in [1.82, 2.24) is 4.98 Å². The summed E-state index contributed by atoms with van der Waals surface area (Å²) in [6.45, 7) is 4.60. The van der Waals surface area contributed by atoms with E-state index < -0.39 is 0 Å². The molecule has 1 aliphatic rings. The van der Waals surface area contributed by atoms with Crippen LogP contribution in [0.3, 0.4) is 0 Å². The molecule has 2 rings (SSSR count). The Labute approximate surface area is 107 Å². The molecular formula is C14H20BrN. The zero-order valence-electron chi connectivity index (χ0n) is 10.1. The molecule has 1 aliphatic carbocycles. The zero-order valence-corrected chi connectivity index (χ0v) is 11.7. The summed E-state index contributed by atoms with van der Waals surface area (Å²) < 4.78 is 0. The minimum atomic E-state index is 0.608. The van der Waals surface area contributed by atoms with E-state index in [0.29, 0.717) is 10.7 Å². The Hall–Kier alpha value is -0.370. The van der Waals surface area contributed by atoms with Gasteiger partial charge in [0, 0.05) is 22.6 Å². The van der Waals surface area contributed by atoms with Gasteiger partial charge >= 0.3 is 0 Å². The molecule has 16 heavy (non-hydrogen) atoms. The molecule has 1 heterocycles. The van der Waals surface area contributed by atoms with Crippen molar-refractivity contribution in [3.8, 4) is 0 Å². The van der Waals surface area contributed by atoms with E-state index >= 15 is 0 Å². The average Bonchev–Trinajstić information content (AvgIpc) is 2.27. The third-order valence-electron chi connectivity index (χ3n) is 3.62. The summed E-state index contributed by atoms with van der Waals surface area (Å²) in [5, 5.41) is 0. The molecule has 0 aromatic carbocycles. The van der Waals surface area contributed by atoms with E-state index in [9.17, 15) is 0 Å². The van der Waals surface area contributed by atoms with Crippen LogP contribution in [0.25, 0.3) is 0 Å². The summed E-state index contributed by atoms with van der Waals surface area (Å²) in [7, 11) is 0. The quantitative estimate of drug-likeness (QED) is 0.753. The van der Waals surface area contributed by atoms with Gasteiger partial charge in [0.15, 0.2) is 0 Å². The summed E-state index contributed by atoms with van der Waals surface area (Å²) in [4.78, 5) is 5.22. The molecular weight excluding hydrogens is 262 g/mol. The van der Waals surface area contributed by atoms with Crippen molar-refractivity contribution < 1.29 is 0 Å². The lowest BCUT2D eigenvalue weighted by Gasteiger charge is -2.29. The van der Waals surface area contributed by atoms with Gasteiger partial charge in [-0.3, -0.25) is 4.98 Å². The largest absolute Gasteiger partial charge is 0.261 e. The second kappa shape index (κ2) is 5.31. The molecule has 0 spiro atoms. The molecule has 0 aliphatic heterocycles. The molecule has 1 aromatic heterocycles. The maximum Gasteiger partial charge on any atom is 0.0469 e. The van der Waals surface area contributed by atoms with Crippen LogP contribution in [-0.4, -0.2) is 9.81 Å². The maximum atomic E-state index is 4.61. The summed E-state index contributed by atoms with van der Waals surface area (Å²) in [5.74, 6) is 1.40. The molecule has 1 aromatic rings. The average molecular weight is 282 g/mol. The summed E-state index contributed by atoms with van der Waals surface area (Å²) in [6, 6.07) is 4.32. The molecule has 3 atom stereocenters. The second-order valence-electron chi connectivity index (χ2n) is 5.04. The van der Waals surface area contributed by atoms with E-state index in [0.717, 1.165) is 5.92 Å². The topological polar surface area (TPSA) is 12.9 Å². The van der Waals surface area contributed by atoms with Gasteiger partial charge in [-0.1, -0.05) is 35.8 Å². The first-order valence-corrected chi connectivity index (χ1v) is 7.18. The minimum absolute atomic E-state index is 0.608. The highest BCUT2D eigenvalue weighted by Gasteiger charge is 2.26. The third kappa shape index (κ3) is 2.65. The fourth-order valence-corrected chi connectivity index (χ4v) is 3.47. The molecule has 88 valence electrons. The van der Waals surface area contributed by atoms with Crippen molar-refractivity contribution in [3.05, 3.63) is 29.6 Å². The summed E-state index contributed by atoms with van der Waals surface area (Å²) >= 11 is 3.66. The van der Waals surface area contributed by atoms with Gasteiger partial charge in [-0.05, 0) is 43.2 Å². The highest BCUT2D eigenvalue weighted by molar-refractivity contribution is 9.09. The number of aryl methyl sites for hydroxylation is 1. The van der Waals surface area contributed by atoms with Crippen LogP contribution in [0.2, 0.25) is 0 Å². The molecule has 0 saturated heterocycles. The smallest absolute Gasteiger partial charge is 0.0469 e. The molecule has 0 saturated carbocycles. The van der Waals surface area contributed by atoms with Crippen LogP contribution in [-0.2, 0) is 6.42 Å². The lowest BCUT2D eigenvalue weighted by molar-refractivity contribution is 0.377. The van der Waals surface area contributed by atoms with E-state index in [-0.39, 0.29) is 0 Å². The highest BCUT2D eigenvalue weighted by atomic mass is 79.9. The van der Waals surface area contributed by atoms with Crippen LogP contribution in [0.5, 0.6) is 0 Å². The monoisotopic (exact) mass is 281 g/mol. The number of hydrogen-bond acceptors (Lipinski definition) is 1. The van der Waals surface area contributed by atoms with Crippen molar-refractivity contribution in [3.63, 3.8) is 0 Å². The van der Waals surface area contributed by atoms with Crippen LogP contribution in [0.4, 0.5) is 0 Å². The van der Waals surface area contributed by atoms with Crippen molar-refractivity contribution in [2.24, 2.45) is 5.92 Å². The second-order valence-corrected chi connectivity index (χ2v) is 6.60. The van der Waals surface area contributed by atoms with Crippen LogP contribution in [0, 0.1) is 5.92 Å². The van der Waals surface area contributed by atoms with Crippen LogP contribution in [0.1, 0.15) is 50.3 Å². The first kappa shape index (κ1) is 12.1. The van der Waals surface area contributed by atoms with Gasteiger partial charge in [0.1, 0.15) is 0 Å². The van der Waals surface area contributed by atoms with E-state index in [4.69, 9.17) is 0 Å². The minimum Gasteiger partial charge on any atom is -0.261 e. The highest BCUT2D eigenvalue weighted by Crippen LogP contribution is 2.37. The van der Waals surface area contributed by atoms with Gasteiger partial charge in [-0.15, -0.1) is 0 Å². The van der Waals surface area contributed by atoms with E-state index in [2.05, 4.69) is 46.9 Å². The SMILES string of the molecule is CC(Br)CC(C)C1CCCc2cccnc21. The molecule has 0 amide bonds. The predicted octanol–water partition coefficient (Wildman–Crippen LogP) is 4.31. The number of fused-ring (bicyclic) bond motifs is 1. The number of halogens is 1. The van der Waals surface area contributed by atoms with E-state index in [1.165, 1.54) is 36.9 Å². The van der Waals surface area contributed by atoms with E-state index in [1.54, 1.807) is 0 Å². The number of rotatable bonds is 3. The molecule has 0 fully saturated rings. The Morgan fingerprint density at radius 3 is 3.06 bits per heavy atom. The number of hydrogen-bond donors (Lipinski definition) is 0. The van der Waals surface area contributed by atoms with Gasteiger partial charge in [0.05, 0.1) is 0 Å². The van der Waals surface area contributed by atoms with Gasteiger partial charge in [-0.25, -0.2) is 0 Å². The molecule has 2 heteroatoms. The summed E-state index contributed by atoms with van der Waals surface area (Å²) in [6.07, 6.45) is 7.04. The maximum absolute atomic E-state index is 4.61. The Morgan fingerprint density at radius 2 is 2.31 bits per heavy atom. The predicted molar refractivity (Wildman–Crippen MR) is 72.1 cm³/mol. The van der Waals surface area contributed by atoms with Crippen LogP contribution < -0.4 is 0 Å². The van der Waals surface area contributed by atoms with Gasteiger partial charge in [0.2, 0.25) is 0 Å². The molecule has 0 N–H and O–H groups in total. The standard InChI is InChI=1S/C14H20BrN/c1-10(9-11(2)15)13-7-3-5-12-6-4-8-16-14(12)13/h4,6,8,10-11,13H,3,5,7,9H2,1-2H3. The Balaban J connectivity index is 2.18. The fourth-order valence-electron chi connectivity index (χ4n) is 2.88. The van der Waals surface area contributed by atoms with Gasteiger partial charge in [0.25, 0.3) is 0 Å². The Kier molecular flexibility index (Phi) is 4.01. The van der Waals surface area contributed by atoms with Gasteiger partial charge in [-0.2, -0.15) is 0 Å². The van der Waals surface area contributed by atoms with Crippen LogP contribution in [0.15, 0.2) is 18.3 Å². The number of nitrogens with zero attached hydrogens (tertiary/aromatic N) is 1. The Bertz CT molecular complexity index is 348. The lowest BCUT2D eigenvalue weighted by atomic mass is 9.78. The lowest BCUT2D eigenvalue weighted by Crippen LogP contribution is -2.19. The first-order chi connectivity index (χ1) is 7.68.